The van der Waals surface area contributed by atoms with Crippen molar-refractivity contribution in [3.8, 4) is 0 Å². The highest BCUT2D eigenvalue weighted by Crippen LogP contribution is 2.13. The number of cyclic esters (lactones) is 1. The van der Waals surface area contributed by atoms with E-state index >= 15 is 0 Å². The number of rotatable bonds is 4. The van der Waals surface area contributed by atoms with Crippen LogP contribution in [0.2, 0.25) is 0 Å². The summed E-state index contributed by atoms with van der Waals surface area (Å²) < 4.78 is 4.67. The van der Waals surface area contributed by atoms with E-state index < -0.39 is 23.8 Å². The second kappa shape index (κ2) is 4.96. The Kier molecular flexibility index (Phi) is 3.87. The SMILES string of the molecule is CC(C)C(C(=O)O)C(=O)N[C@@H]1COC(=O)C1. The van der Waals surface area contributed by atoms with Crippen molar-refractivity contribution in [2.75, 3.05) is 6.61 Å². The first-order valence-electron chi connectivity index (χ1n) is 5.10. The summed E-state index contributed by atoms with van der Waals surface area (Å²) in [6.07, 6.45) is 0.107. The molecule has 1 amide bonds. The predicted octanol–water partition coefficient (Wildman–Crippen LogP) is -0.225. The van der Waals surface area contributed by atoms with Crippen molar-refractivity contribution < 1.29 is 24.2 Å². The Labute approximate surface area is 93.0 Å². The molecule has 2 atom stereocenters. The molecule has 1 aliphatic rings. The Hall–Kier alpha value is -1.59. The number of carbonyl (C=O) groups excluding carboxylic acids is 2. The van der Waals surface area contributed by atoms with Gasteiger partial charge in [0.15, 0.2) is 0 Å². The van der Waals surface area contributed by atoms with Gasteiger partial charge in [-0.2, -0.15) is 0 Å². The van der Waals surface area contributed by atoms with Gasteiger partial charge in [0.25, 0.3) is 0 Å². The van der Waals surface area contributed by atoms with Crippen molar-refractivity contribution in [3.63, 3.8) is 0 Å². The van der Waals surface area contributed by atoms with Gasteiger partial charge in [0.05, 0.1) is 12.5 Å². The molecule has 1 aliphatic heterocycles. The normalized spacial score (nSPS) is 21.7. The molecule has 0 spiro atoms. The molecular weight excluding hydrogens is 214 g/mol. The zero-order valence-corrected chi connectivity index (χ0v) is 9.23. The Morgan fingerprint density at radius 3 is 2.50 bits per heavy atom. The third-order valence-electron chi connectivity index (χ3n) is 2.42. The summed E-state index contributed by atoms with van der Waals surface area (Å²) in [5, 5.41) is 11.4. The van der Waals surface area contributed by atoms with Gasteiger partial charge < -0.3 is 15.2 Å². The van der Waals surface area contributed by atoms with Crippen molar-refractivity contribution in [1.82, 2.24) is 5.32 Å². The summed E-state index contributed by atoms with van der Waals surface area (Å²) in [6, 6.07) is -0.402. The van der Waals surface area contributed by atoms with E-state index in [1.807, 2.05) is 0 Å². The topological polar surface area (TPSA) is 92.7 Å². The molecule has 90 valence electrons. The summed E-state index contributed by atoms with van der Waals surface area (Å²) in [7, 11) is 0. The third kappa shape index (κ3) is 2.95. The van der Waals surface area contributed by atoms with Crippen LogP contribution in [-0.2, 0) is 19.1 Å². The third-order valence-corrected chi connectivity index (χ3v) is 2.42. The molecule has 0 aromatic heterocycles. The second-order valence-electron chi connectivity index (χ2n) is 4.15. The number of aliphatic carboxylic acids is 1. The van der Waals surface area contributed by atoms with Gasteiger partial charge in [0.1, 0.15) is 12.5 Å². The quantitative estimate of drug-likeness (QED) is 0.513. The number of amides is 1. The van der Waals surface area contributed by atoms with E-state index in [2.05, 4.69) is 10.1 Å². The van der Waals surface area contributed by atoms with Crippen LogP contribution in [0.4, 0.5) is 0 Å². The maximum absolute atomic E-state index is 11.6. The lowest BCUT2D eigenvalue weighted by molar-refractivity contribution is -0.149. The van der Waals surface area contributed by atoms with Crippen molar-refractivity contribution in [1.29, 1.82) is 0 Å². The molecule has 1 unspecified atom stereocenters. The van der Waals surface area contributed by atoms with Crippen LogP contribution in [-0.4, -0.2) is 35.6 Å². The van der Waals surface area contributed by atoms with Crippen LogP contribution < -0.4 is 5.32 Å². The molecule has 0 bridgehead atoms. The van der Waals surface area contributed by atoms with Crippen LogP contribution >= 0.6 is 0 Å². The largest absolute Gasteiger partial charge is 0.481 e. The molecule has 2 N–H and O–H groups in total. The second-order valence-corrected chi connectivity index (χ2v) is 4.15. The van der Waals surface area contributed by atoms with E-state index in [9.17, 15) is 14.4 Å². The highest BCUT2D eigenvalue weighted by atomic mass is 16.5. The molecule has 16 heavy (non-hydrogen) atoms. The summed E-state index contributed by atoms with van der Waals surface area (Å²) >= 11 is 0. The maximum Gasteiger partial charge on any atom is 0.316 e. The molecule has 0 aromatic rings. The lowest BCUT2D eigenvalue weighted by atomic mass is 9.95. The summed E-state index contributed by atoms with van der Waals surface area (Å²) in [5.74, 6) is -3.48. The van der Waals surface area contributed by atoms with Crippen molar-refractivity contribution in [2.24, 2.45) is 11.8 Å². The molecule has 6 heteroatoms. The number of hydrogen-bond donors (Lipinski definition) is 2. The summed E-state index contributed by atoms with van der Waals surface area (Å²) in [6.45, 7) is 3.44. The summed E-state index contributed by atoms with van der Waals surface area (Å²) in [4.78, 5) is 33.3. The van der Waals surface area contributed by atoms with Crippen molar-refractivity contribution in [3.05, 3.63) is 0 Å². The number of carboxylic acid groups (broad SMARTS) is 1. The average molecular weight is 229 g/mol. The molecule has 0 radical (unpaired) electrons. The van der Waals surface area contributed by atoms with E-state index in [1.54, 1.807) is 13.8 Å². The average Bonchev–Trinajstić information content (AvgIpc) is 2.49. The van der Waals surface area contributed by atoms with Crippen molar-refractivity contribution >= 4 is 17.8 Å². The number of esters is 1. The number of nitrogens with one attached hydrogen (secondary N) is 1. The minimum absolute atomic E-state index is 0.107. The first kappa shape index (κ1) is 12.5. The summed E-state index contributed by atoms with van der Waals surface area (Å²) in [5.41, 5.74) is 0. The minimum Gasteiger partial charge on any atom is -0.481 e. The van der Waals surface area contributed by atoms with E-state index in [-0.39, 0.29) is 24.9 Å². The predicted molar refractivity (Wildman–Crippen MR) is 53.5 cm³/mol. The van der Waals surface area contributed by atoms with Gasteiger partial charge in [-0.05, 0) is 5.92 Å². The van der Waals surface area contributed by atoms with Gasteiger partial charge in [0, 0.05) is 0 Å². The molecule has 1 saturated heterocycles. The lowest BCUT2D eigenvalue weighted by Crippen LogP contribution is -2.43. The number of carbonyl (C=O) groups is 3. The maximum atomic E-state index is 11.6. The fraction of sp³-hybridized carbons (Fsp3) is 0.700. The Balaban J connectivity index is 2.56. The molecule has 1 rings (SSSR count). The smallest absolute Gasteiger partial charge is 0.316 e. The van der Waals surface area contributed by atoms with Gasteiger partial charge in [0.2, 0.25) is 5.91 Å². The van der Waals surface area contributed by atoms with Crippen molar-refractivity contribution in [2.45, 2.75) is 26.3 Å². The van der Waals surface area contributed by atoms with E-state index in [0.29, 0.717) is 0 Å². The fourth-order valence-electron chi connectivity index (χ4n) is 1.60. The minimum atomic E-state index is -1.15. The van der Waals surface area contributed by atoms with Crippen LogP contribution in [0.25, 0.3) is 0 Å². The highest BCUT2D eigenvalue weighted by molar-refractivity contribution is 5.97. The van der Waals surface area contributed by atoms with Gasteiger partial charge in [-0.15, -0.1) is 0 Å². The zero-order valence-electron chi connectivity index (χ0n) is 9.23. The molecule has 6 nitrogen and oxygen atoms in total. The standard InChI is InChI=1S/C10H15NO5/c1-5(2)8(10(14)15)9(13)11-6-3-7(12)16-4-6/h5-6,8H,3-4H2,1-2H3,(H,11,13)(H,14,15)/t6-,8?/m0/s1. The fourth-order valence-corrected chi connectivity index (χ4v) is 1.60. The van der Waals surface area contributed by atoms with Crippen LogP contribution in [0.1, 0.15) is 20.3 Å². The molecule has 0 aromatic carbocycles. The zero-order chi connectivity index (χ0) is 12.3. The van der Waals surface area contributed by atoms with Gasteiger partial charge in [-0.3, -0.25) is 14.4 Å². The Morgan fingerprint density at radius 1 is 1.50 bits per heavy atom. The number of hydrogen-bond acceptors (Lipinski definition) is 4. The Bertz CT molecular complexity index is 312. The number of ether oxygens (including phenoxy) is 1. The van der Waals surface area contributed by atoms with Gasteiger partial charge in [-0.25, -0.2) is 0 Å². The van der Waals surface area contributed by atoms with Crippen LogP contribution in [0.15, 0.2) is 0 Å². The molecule has 0 aliphatic carbocycles. The van der Waals surface area contributed by atoms with E-state index in [0.717, 1.165) is 0 Å². The molecule has 1 fully saturated rings. The van der Waals surface area contributed by atoms with Crippen LogP contribution in [0, 0.1) is 11.8 Å². The highest BCUT2D eigenvalue weighted by Gasteiger charge is 2.33. The molecular formula is C10H15NO5. The van der Waals surface area contributed by atoms with E-state index in [1.165, 1.54) is 0 Å². The molecule has 0 saturated carbocycles. The first-order valence-corrected chi connectivity index (χ1v) is 5.10. The van der Waals surface area contributed by atoms with Gasteiger partial charge in [-0.1, -0.05) is 13.8 Å². The lowest BCUT2D eigenvalue weighted by Gasteiger charge is -2.17. The van der Waals surface area contributed by atoms with E-state index in [4.69, 9.17) is 5.11 Å². The first-order chi connectivity index (χ1) is 7.41. The monoisotopic (exact) mass is 229 g/mol. The molecule has 1 heterocycles. The van der Waals surface area contributed by atoms with Crippen LogP contribution in [0.3, 0.4) is 0 Å². The number of carboxylic acids is 1. The van der Waals surface area contributed by atoms with Gasteiger partial charge >= 0.3 is 11.9 Å². The Morgan fingerprint density at radius 2 is 2.12 bits per heavy atom. The van der Waals surface area contributed by atoms with Crippen LogP contribution in [0.5, 0.6) is 0 Å².